The molecule has 0 atom stereocenters. The molecule has 35 heteroatoms. The molecule has 6 aromatic heterocycles. The van der Waals surface area contributed by atoms with Gasteiger partial charge in [0.2, 0.25) is 17.7 Å². The average Bonchev–Trinajstić information content (AvgIpc) is 1.58. The van der Waals surface area contributed by atoms with Crippen LogP contribution < -0.4 is 46.1 Å². The van der Waals surface area contributed by atoms with Gasteiger partial charge in [-0.25, -0.2) is 47.6 Å². The topological polar surface area (TPSA) is 369 Å². The Morgan fingerprint density at radius 2 is 0.699 bits per heavy atom. The van der Waals surface area contributed by atoms with Crippen LogP contribution in [0.5, 0.6) is 17.2 Å². The van der Waals surface area contributed by atoms with Crippen molar-refractivity contribution in [1.82, 2.24) is 75.2 Å². The van der Waals surface area contributed by atoms with Gasteiger partial charge in [0.1, 0.15) is 71.1 Å². The van der Waals surface area contributed by atoms with Crippen molar-refractivity contribution in [2.75, 3.05) is 130 Å². The predicted octanol–water partition coefficient (Wildman–Crippen LogP) is 12.7. The number of aromatic amines is 3. The van der Waals surface area contributed by atoms with E-state index in [0.717, 1.165) is 16.2 Å². The van der Waals surface area contributed by atoms with Crippen molar-refractivity contribution in [1.29, 1.82) is 0 Å². The number of hydrogen-bond donors (Lipinski definition) is 9. The summed E-state index contributed by atoms with van der Waals surface area (Å²) in [6.07, 6.45) is 6.28. The van der Waals surface area contributed by atoms with E-state index in [2.05, 4.69) is 107 Å². The number of halogens is 3. The van der Waals surface area contributed by atoms with Crippen LogP contribution in [0, 0.1) is 17.5 Å². The summed E-state index contributed by atoms with van der Waals surface area (Å²) in [6.45, 7) is 12.9. The number of amides is 3. The number of H-pyrrole nitrogens is 3. The van der Waals surface area contributed by atoms with Crippen molar-refractivity contribution in [3.63, 3.8) is 0 Å². The Bertz CT molecular complexity index is 4710. The molecule has 0 aliphatic heterocycles. The fraction of sp³-hybridized carbons (Fsp3) is 0.308. The average molecular weight is 1570 g/mol. The van der Waals surface area contributed by atoms with Crippen molar-refractivity contribution in [2.45, 2.75) is 59.3 Å². The van der Waals surface area contributed by atoms with Crippen molar-refractivity contribution in [3.05, 3.63) is 199 Å². The summed E-state index contributed by atoms with van der Waals surface area (Å²) in [7, 11) is -4.10. The van der Waals surface area contributed by atoms with Crippen LogP contribution in [0.4, 0.5) is 65.1 Å². The number of carbonyl (C=O) groups excluding carboxylic acids is 3. The Labute approximate surface area is 648 Å². The molecule has 3 amide bonds. The van der Waals surface area contributed by atoms with Crippen LogP contribution in [0.25, 0.3) is 32.7 Å². The minimum absolute atomic E-state index is 0.0125. The summed E-state index contributed by atoms with van der Waals surface area (Å²) in [4.78, 5) is 71.2. The molecule has 0 radical (unpaired) electrons. The van der Waals surface area contributed by atoms with E-state index in [0.29, 0.717) is 201 Å². The van der Waals surface area contributed by atoms with Gasteiger partial charge in [-0.2, -0.15) is 15.3 Å². The lowest BCUT2D eigenvalue weighted by Crippen LogP contribution is -2.31. The lowest BCUT2D eigenvalue weighted by atomic mass is 10.2. The lowest BCUT2D eigenvalue weighted by Gasteiger charge is -2.25. The molecule has 0 unspecified atom stereocenters. The van der Waals surface area contributed by atoms with Gasteiger partial charge >= 0.3 is 7.82 Å². The maximum Gasteiger partial charge on any atom is 0.474 e. The molecule has 12 aromatic rings. The molecule has 0 aliphatic rings. The first-order valence-electron chi connectivity index (χ1n) is 37.0. The highest BCUT2D eigenvalue weighted by atomic mass is 31.2. The molecular formula is C78H87F3N21O10P. The number of nitrogens with zero attached hydrogens (tertiary/aromatic N) is 12. The molecule has 0 spiro atoms. The van der Waals surface area contributed by atoms with Gasteiger partial charge in [0.05, 0.1) is 75.5 Å². The zero-order chi connectivity index (χ0) is 78.7. The van der Waals surface area contributed by atoms with Crippen LogP contribution in [0.2, 0.25) is 0 Å². The number of rotatable bonds is 45. The number of fused-ring (bicyclic) bond motifs is 3. The molecule has 31 nitrogen and oxygen atoms in total. The van der Waals surface area contributed by atoms with Crippen molar-refractivity contribution >= 4 is 110 Å². The van der Waals surface area contributed by atoms with Gasteiger partial charge in [0.15, 0.2) is 17.5 Å². The number of phosphoric ester groups is 1. The number of nitrogens with one attached hydrogen (secondary N) is 9. The molecule has 113 heavy (non-hydrogen) atoms. The van der Waals surface area contributed by atoms with Gasteiger partial charge in [-0.1, -0.05) is 39.0 Å². The van der Waals surface area contributed by atoms with Gasteiger partial charge < -0.3 is 60.8 Å². The summed E-state index contributed by atoms with van der Waals surface area (Å²) >= 11 is 0. The van der Waals surface area contributed by atoms with Crippen LogP contribution >= 0.6 is 7.82 Å². The van der Waals surface area contributed by atoms with Crippen LogP contribution in [0.3, 0.4) is 0 Å². The highest BCUT2D eigenvalue weighted by Crippen LogP contribution is 2.49. The molecule has 12 rings (SSSR count). The van der Waals surface area contributed by atoms with E-state index >= 15 is 0 Å². The number of hydrogen-bond acceptors (Lipinski definition) is 25. The number of likely N-dealkylation sites (N-methyl/N-ethyl adjacent to an activating group) is 3. The van der Waals surface area contributed by atoms with Gasteiger partial charge in [0, 0.05) is 126 Å². The fourth-order valence-electron chi connectivity index (χ4n) is 12.1. The maximum atomic E-state index is 14.7. The van der Waals surface area contributed by atoms with Gasteiger partial charge in [-0.3, -0.25) is 43.3 Å². The molecule has 0 bridgehead atoms. The first-order chi connectivity index (χ1) is 55.0. The van der Waals surface area contributed by atoms with Crippen molar-refractivity contribution in [3.8, 4) is 17.2 Å². The Morgan fingerprint density at radius 1 is 0.389 bits per heavy atom. The van der Waals surface area contributed by atoms with Gasteiger partial charge in [0.25, 0.3) is 0 Å². The highest BCUT2D eigenvalue weighted by molar-refractivity contribution is 7.48. The molecule has 0 saturated heterocycles. The molecule has 6 heterocycles. The van der Waals surface area contributed by atoms with Crippen molar-refractivity contribution < 1.29 is 59.9 Å². The molecule has 0 saturated carbocycles. The number of aromatic nitrogens is 12. The third-order valence-electron chi connectivity index (χ3n) is 17.8. The summed E-state index contributed by atoms with van der Waals surface area (Å²) in [5, 5.41) is 41.3. The van der Waals surface area contributed by atoms with Crippen LogP contribution in [0.15, 0.2) is 165 Å². The first kappa shape index (κ1) is 80.5. The third kappa shape index (κ3) is 24.5. The largest absolute Gasteiger partial charge is 0.493 e. The Balaban J connectivity index is 0.600. The van der Waals surface area contributed by atoms with Crippen LogP contribution in [0.1, 0.15) is 57.1 Å². The van der Waals surface area contributed by atoms with Crippen LogP contribution in [-0.4, -0.2) is 191 Å². The second-order valence-corrected chi connectivity index (χ2v) is 27.6. The van der Waals surface area contributed by atoms with Gasteiger partial charge in [-0.05, 0) is 130 Å². The SMILES string of the molecule is CCN(CCCOc1ccc2c(Nc3cc(CC(=O)Nc4cccc(F)c4)[nH]n3)ncnc2c1)CCOP(=O)(OCCN(CC)CCCOc1ccc2c(Nc3cc(CC(=O)Nc4cccc(F)c4)[nH]n3)ncnc2c1)OCCN(CC)CCCOc1ccc2c(Nc3cc(CC(=O)Nc4cccc(F)c4)[nH]n3)ncnc2c1. The molecule has 6 aromatic carbocycles. The second-order valence-electron chi connectivity index (χ2n) is 26.0. The smallest absolute Gasteiger partial charge is 0.474 e. The summed E-state index contributed by atoms with van der Waals surface area (Å²) in [6, 6.07) is 38.7. The van der Waals surface area contributed by atoms with E-state index < -0.39 is 25.3 Å². The summed E-state index contributed by atoms with van der Waals surface area (Å²) in [5.74, 6) is 2.33. The highest BCUT2D eigenvalue weighted by Gasteiger charge is 2.28. The number of phosphoric acid groups is 1. The minimum atomic E-state index is -4.10. The zero-order valence-electron chi connectivity index (χ0n) is 62.5. The summed E-state index contributed by atoms with van der Waals surface area (Å²) in [5.41, 5.74) is 4.60. The Morgan fingerprint density at radius 3 is 0.991 bits per heavy atom. The normalized spacial score (nSPS) is 11.6. The standard InChI is InChI=1S/C78H87F3N21O10P/c1-4-100(25-10-31-107-61-19-22-64-67(46-61)82-49-85-76(64)91-70-40-58(94-97-70)43-73(103)88-55-16-7-13-52(79)37-55)28-34-110-113(106,111-35-29-101(5-2)26-11-32-108-62-20-23-65-68(47-62)83-50-86-77(65)92-71-41-59(95-98-71)44-74(104)89-56-17-8-14-53(80)38-56)112-36-30-102(6-3)27-12-33-109-63-21-24-66-69(48-63)84-51-87-78(66)93-72-42-60(96-99-72)45-75(105)90-57-18-9-15-54(81)39-57/h7-9,13-24,37-42,46-51H,4-6,10-12,25-36,43-45H2,1-3H3,(H,88,103)(H,89,104)(H,90,105)(H2,82,85,91,94,97)(H2,83,86,92,95,98)(H2,84,87,93,96,99). The number of ether oxygens (including phenoxy) is 3. The van der Waals surface area contributed by atoms with E-state index in [1.165, 1.54) is 73.6 Å². The summed E-state index contributed by atoms with van der Waals surface area (Å²) < 4.78 is 92.6. The molecule has 590 valence electrons. The van der Waals surface area contributed by atoms with E-state index in [1.54, 1.807) is 36.4 Å². The Kier molecular flexibility index (Phi) is 28.7. The maximum absolute atomic E-state index is 14.7. The quantitative estimate of drug-likeness (QED) is 0.0126. The molecule has 9 N–H and O–H groups in total. The number of benzene rings is 6. The third-order valence-corrected chi connectivity index (χ3v) is 19.3. The van der Waals surface area contributed by atoms with Gasteiger partial charge in [-0.15, -0.1) is 0 Å². The lowest BCUT2D eigenvalue weighted by molar-refractivity contribution is -0.116. The van der Waals surface area contributed by atoms with E-state index in [-0.39, 0.29) is 56.8 Å². The number of anilines is 9. The van der Waals surface area contributed by atoms with E-state index in [9.17, 15) is 32.1 Å². The second kappa shape index (κ2) is 40.2. The zero-order valence-corrected chi connectivity index (χ0v) is 63.4. The minimum Gasteiger partial charge on any atom is -0.493 e. The first-order valence-corrected chi connectivity index (χ1v) is 38.4. The van der Waals surface area contributed by atoms with E-state index in [1.807, 2.05) is 75.4 Å². The molecule has 0 aliphatic carbocycles. The van der Waals surface area contributed by atoms with Crippen LogP contribution in [-0.2, 0) is 51.8 Å². The predicted molar refractivity (Wildman–Crippen MR) is 423 cm³/mol. The van der Waals surface area contributed by atoms with E-state index in [4.69, 9.17) is 27.8 Å². The number of carbonyl (C=O) groups is 3. The van der Waals surface area contributed by atoms with Crippen molar-refractivity contribution in [2.24, 2.45) is 0 Å². The molecule has 0 fully saturated rings. The Hall–Kier alpha value is -12.0. The monoisotopic (exact) mass is 1570 g/mol. The fourth-order valence-corrected chi connectivity index (χ4v) is 13.2. The molecular weight excluding hydrogens is 1480 g/mol.